The largest absolute Gasteiger partial charge is 0.465 e. The van der Waals surface area contributed by atoms with Crippen molar-refractivity contribution in [2.75, 3.05) is 13.1 Å². The Hall–Kier alpha value is -4.77. The van der Waals surface area contributed by atoms with Gasteiger partial charge < -0.3 is 14.8 Å². The average molecular weight is 466 g/mol. The van der Waals surface area contributed by atoms with E-state index in [1.807, 2.05) is 60.7 Å². The van der Waals surface area contributed by atoms with Crippen LogP contribution in [0.25, 0.3) is 0 Å². The maximum Gasteiger partial charge on any atom is 0.407 e. The van der Waals surface area contributed by atoms with Crippen LogP contribution in [0.4, 0.5) is 10.5 Å². The second-order valence-corrected chi connectivity index (χ2v) is 8.04. The lowest BCUT2D eigenvalue weighted by molar-refractivity contribution is -0.142. The number of piperazine rings is 1. The minimum atomic E-state index is -1.24. The topological polar surface area (TPSA) is 114 Å². The molecule has 0 aliphatic carbocycles. The summed E-state index contributed by atoms with van der Waals surface area (Å²) in [5, 5.41) is 18.9. The van der Waals surface area contributed by atoms with Crippen molar-refractivity contribution < 1.29 is 19.5 Å². The van der Waals surface area contributed by atoms with Crippen molar-refractivity contribution in [3.63, 3.8) is 0 Å². The standard InChI is InChI=1S/C27H22N4O4/c28-14-22-12-11-19(15-31-23(18-32)16-30(27(34)35)17-25(31)33)13-24(22)29-26(20-7-3-1-4-8-20)21-9-5-2-6-10-21/h1-13,18,23H,15-17H2,(H,34,35)/t23-/m1/s1. The van der Waals surface area contributed by atoms with E-state index in [1.54, 1.807) is 18.2 Å². The lowest BCUT2D eigenvalue weighted by atomic mass is 10.0. The molecule has 1 heterocycles. The number of aldehydes is 1. The van der Waals surface area contributed by atoms with Gasteiger partial charge in [-0.15, -0.1) is 0 Å². The van der Waals surface area contributed by atoms with Crippen LogP contribution in [0.1, 0.15) is 22.3 Å². The van der Waals surface area contributed by atoms with Gasteiger partial charge in [0.1, 0.15) is 24.9 Å². The number of hydrogen-bond acceptors (Lipinski definition) is 5. The number of nitriles is 1. The van der Waals surface area contributed by atoms with Crippen molar-refractivity contribution in [2.24, 2.45) is 4.99 Å². The molecule has 1 aliphatic heterocycles. The smallest absolute Gasteiger partial charge is 0.407 e. The first-order valence-electron chi connectivity index (χ1n) is 11.0. The fourth-order valence-electron chi connectivity index (χ4n) is 3.96. The molecule has 8 nitrogen and oxygen atoms in total. The van der Waals surface area contributed by atoms with Crippen LogP contribution in [-0.4, -0.2) is 58.0 Å². The zero-order valence-corrected chi connectivity index (χ0v) is 18.7. The van der Waals surface area contributed by atoms with Crippen molar-refractivity contribution in [3.05, 3.63) is 101 Å². The first-order valence-corrected chi connectivity index (χ1v) is 11.0. The molecule has 3 aromatic carbocycles. The van der Waals surface area contributed by atoms with Gasteiger partial charge in [0, 0.05) is 17.7 Å². The van der Waals surface area contributed by atoms with Crippen LogP contribution in [0.3, 0.4) is 0 Å². The summed E-state index contributed by atoms with van der Waals surface area (Å²) in [6.07, 6.45) is -0.660. The molecule has 0 saturated carbocycles. The van der Waals surface area contributed by atoms with Gasteiger partial charge in [-0.1, -0.05) is 66.7 Å². The second-order valence-electron chi connectivity index (χ2n) is 8.04. The molecular weight excluding hydrogens is 444 g/mol. The van der Waals surface area contributed by atoms with Gasteiger partial charge in [-0.3, -0.25) is 9.69 Å². The fraction of sp³-hybridized carbons (Fsp3) is 0.148. The Bertz CT molecular complexity index is 1270. The van der Waals surface area contributed by atoms with Gasteiger partial charge in [0.25, 0.3) is 0 Å². The van der Waals surface area contributed by atoms with E-state index >= 15 is 0 Å². The Kier molecular flexibility index (Phi) is 6.98. The summed E-state index contributed by atoms with van der Waals surface area (Å²) in [5.74, 6) is -0.459. The van der Waals surface area contributed by atoms with Crippen molar-refractivity contribution in [2.45, 2.75) is 12.6 Å². The van der Waals surface area contributed by atoms with Gasteiger partial charge in [0.15, 0.2) is 0 Å². The second kappa shape index (κ2) is 10.4. The highest BCUT2D eigenvalue weighted by atomic mass is 16.4. The monoisotopic (exact) mass is 466 g/mol. The van der Waals surface area contributed by atoms with E-state index in [0.717, 1.165) is 16.0 Å². The van der Waals surface area contributed by atoms with Gasteiger partial charge >= 0.3 is 6.09 Å². The summed E-state index contributed by atoms with van der Waals surface area (Å²) in [6.45, 7) is -0.304. The first kappa shape index (κ1) is 23.4. The molecule has 0 spiro atoms. The molecule has 35 heavy (non-hydrogen) atoms. The average Bonchev–Trinajstić information content (AvgIpc) is 2.89. The number of aliphatic imine (C=N–C) groups is 1. The molecule has 4 rings (SSSR count). The Morgan fingerprint density at radius 2 is 1.69 bits per heavy atom. The van der Waals surface area contributed by atoms with E-state index in [1.165, 1.54) is 4.90 Å². The van der Waals surface area contributed by atoms with Crippen LogP contribution < -0.4 is 0 Å². The number of amides is 2. The van der Waals surface area contributed by atoms with E-state index in [0.29, 0.717) is 28.8 Å². The number of carbonyl (C=O) groups excluding carboxylic acids is 2. The molecule has 1 fully saturated rings. The number of benzene rings is 3. The summed E-state index contributed by atoms with van der Waals surface area (Å²) in [6, 6.07) is 25.6. The Balaban J connectivity index is 1.72. The molecule has 2 amide bonds. The predicted molar refractivity (Wildman–Crippen MR) is 129 cm³/mol. The third-order valence-electron chi connectivity index (χ3n) is 5.74. The molecule has 0 aromatic heterocycles. The zero-order chi connectivity index (χ0) is 24.8. The Labute approximate surface area is 202 Å². The minimum Gasteiger partial charge on any atom is -0.465 e. The number of hydrogen-bond donors (Lipinski definition) is 1. The van der Waals surface area contributed by atoms with Crippen molar-refractivity contribution in [1.29, 1.82) is 5.26 Å². The molecule has 0 bridgehead atoms. The van der Waals surface area contributed by atoms with E-state index in [2.05, 4.69) is 6.07 Å². The van der Waals surface area contributed by atoms with E-state index in [4.69, 9.17) is 4.99 Å². The minimum absolute atomic E-state index is 0.0853. The van der Waals surface area contributed by atoms with Crippen molar-refractivity contribution in [3.8, 4) is 6.07 Å². The predicted octanol–water partition coefficient (Wildman–Crippen LogP) is 3.62. The number of carboxylic acid groups (broad SMARTS) is 1. The van der Waals surface area contributed by atoms with Crippen LogP contribution in [0.5, 0.6) is 0 Å². The Morgan fingerprint density at radius 1 is 1.06 bits per heavy atom. The van der Waals surface area contributed by atoms with Crippen LogP contribution in [0.15, 0.2) is 83.9 Å². The molecule has 1 atom stereocenters. The summed E-state index contributed by atoms with van der Waals surface area (Å²) in [7, 11) is 0. The van der Waals surface area contributed by atoms with Gasteiger partial charge in [0.05, 0.1) is 23.5 Å². The van der Waals surface area contributed by atoms with E-state index in [9.17, 15) is 24.8 Å². The summed E-state index contributed by atoms with van der Waals surface area (Å²) >= 11 is 0. The van der Waals surface area contributed by atoms with Crippen LogP contribution in [0.2, 0.25) is 0 Å². The van der Waals surface area contributed by atoms with Gasteiger partial charge in [-0.05, 0) is 17.7 Å². The fourth-order valence-corrected chi connectivity index (χ4v) is 3.96. The van der Waals surface area contributed by atoms with Crippen molar-refractivity contribution >= 4 is 29.7 Å². The maximum absolute atomic E-state index is 12.6. The number of carbonyl (C=O) groups is 3. The molecule has 0 radical (unpaired) electrons. The number of nitrogens with zero attached hydrogens (tertiary/aromatic N) is 4. The normalized spacial score (nSPS) is 15.3. The summed E-state index contributed by atoms with van der Waals surface area (Å²) in [5.41, 5.74) is 3.94. The molecule has 1 aliphatic rings. The molecule has 1 saturated heterocycles. The summed E-state index contributed by atoms with van der Waals surface area (Å²) in [4.78, 5) is 42.7. The van der Waals surface area contributed by atoms with Gasteiger partial charge in [0.2, 0.25) is 5.91 Å². The van der Waals surface area contributed by atoms with E-state index in [-0.39, 0.29) is 19.6 Å². The molecule has 1 N–H and O–H groups in total. The lowest BCUT2D eigenvalue weighted by Gasteiger charge is -2.37. The van der Waals surface area contributed by atoms with E-state index < -0.39 is 18.0 Å². The SMILES string of the molecule is N#Cc1ccc(CN2C(=O)CN(C(=O)O)C[C@@H]2C=O)cc1N=C(c1ccccc1)c1ccccc1. The first-order chi connectivity index (χ1) is 17.0. The summed E-state index contributed by atoms with van der Waals surface area (Å²) < 4.78 is 0. The molecule has 8 heteroatoms. The highest BCUT2D eigenvalue weighted by Gasteiger charge is 2.34. The maximum atomic E-state index is 12.6. The third kappa shape index (κ3) is 5.25. The van der Waals surface area contributed by atoms with Crippen LogP contribution >= 0.6 is 0 Å². The lowest BCUT2D eigenvalue weighted by Crippen LogP contribution is -2.57. The molecule has 174 valence electrons. The highest BCUT2D eigenvalue weighted by molar-refractivity contribution is 6.14. The van der Waals surface area contributed by atoms with Crippen molar-refractivity contribution in [1.82, 2.24) is 9.80 Å². The van der Waals surface area contributed by atoms with Gasteiger partial charge in [-0.2, -0.15) is 5.26 Å². The van der Waals surface area contributed by atoms with Crippen LogP contribution in [0, 0.1) is 11.3 Å². The Morgan fingerprint density at radius 3 is 2.23 bits per heavy atom. The number of rotatable bonds is 6. The quantitative estimate of drug-likeness (QED) is 0.440. The van der Waals surface area contributed by atoms with Crippen LogP contribution in [-0.2, 0) is 16.1 Å². The zero-order valence-electron chi connectivity index (χ0n) is 18.7. The molecule has 0 unspecified atom stereocenters. The molecule has 3 aromatic rings. The highest BCUT2D eigenvalue weighted by Crippen LogP contribution is 2.25. The van der Waals surface area contributed by atoms with Gasteiger partial charge in [-0.25, -0.2) is 9.79 Å². The molecular formula is C27H22N4O4. The third-order valence-corrected chi connectivity index (χ3v) is 5.74.